The Morgan fingerprint density at radius 2 is 2.18 bits per heavy atom. The van der Waals surface area contributed by atoms with E-state index in [1.807, 2.05) is 19.1 Å². The van der Waals surface area contributed by atoms with Crippen LogP contribution in [0.15, 0.2) is 22.7 Å². The summed E-state index contributed by atoms with van der Waals surface area (Å²) in [4.78, 5) is 13.8. The van der Waals surface area contributed by atoms with Crippen molar-refractivity contribution in [3.63, 3.8) is 0 Å². The zero-order chi connectivity index (χ0) is 13.0. The number of rotatable bonds is 4. The number of aliphatic hydroxyl groups is 1. The molecule has 1 aromatic carbocycles. The van der Waals surface area contributed by atoms with Crippen molar-refractivity contribution in [3.8, 4) is 0 Å². The van der Waals surface area contributed by atoms with Crippen LogP contribution in [0.3, 0.4) is 0 Å². The van der Waals surface area contributed by atoms with E-state index < -0.39 is 0 Å². The topological polar surface area (TPSA) is 40.5 Å². The molecule has 1 aromatic rings. The van der Waals surface area contributed by atoms with Crippen molar-refractivity contribution in [2.75, 3.05) is 13.6 Å². The summed E-state index contributed by atoms with van der Waals surface area (Å²) in [5, 5.41) is 9.21. The second-order valence-electron chi connectivity index (χ2n) is 4.30. The molecular weight excluding hydrogens is 282 g/mol. The molecule has 0 spiro atoms. The van der Waals surface area contributed by atoms with Crippen LogP contribution in [0.1, 0.15) is 29.3 Å². The number of aliphatic hydroxyl groups excluding tert-OH is 1. The van der Waals surface area contributed by atoms with E-state index in [1.54, 1.807) is 24.9 Å². The van der Waals surface area contributed by atoms with Gasteiger partial charge in [-0.05, 0) is 47.8 Å². The number of amides is 1. The lowest BCUT2D eigenvalue weighted by Crippen LogP contribution is -2.29. The number of benzene rings is 1. The van der Waals surface area contributed by atoms with Crippen molar-refractivity contribution in [1.29, 1.82) is 0 Å². The van der Waals surface area contributed by atoms with E-state index >= 15 is 0 Å². The Hall–Kier alpha value is -0.870. The molecule has 0 fully saturated rings. The molecule has 4 heteroatoms. The van der Waals surface area contributed by atoms with Crippen LogP contribution in [0.4, 0.5) is 0 Å². The van der Waals surface area contributed by atoms with Gasteiger partial charge in [-0.3, -0.25) is 4.79 Å². The van der Waals surface area contributed by atoms with Crippen LogP contribution in [-0.4, -0.2) is 35.6 Å². The van der Waals surface area contributed by atoms with Crippen molar-refractivity contribution in [2.45, 2.75) is 26.4 Å². The van der Waals surface area contributed by atoms with E-state index in [2.05, 4.69) is 15.9 Å². The van der Waals surface area contributed by atoms with E-state index in [-0.39, 0.29) is 12.0 Å². The third kappa shape index (κ3) is 3.82. The highest BCUT2D eigenvalue weighted by Crippen LogP contribution is 2.22. The van der Waals surface area contributed by atoms with Gasteiger partial charge in [0.05, 0.1) is 11.7 Å². The average molecular weight is 300 g/mol. The number of aryl methyl sites for hydroxylation is 1. The molecule has 0 aliphatic heterocycles. The summed E-state index contributed by atoms with van der Waals surface area (Å²) in [6, 6.07) is 5.63. The standard InChI is InChI=1S/C13H18BrNO2/c1-9-5-4-6-11(12(9)14)13(17)15(3)8-7-10(2)16/h4-6,10,16H,7-8H2,1-3H3. The van der Waals surface area contributed by atoms with Gasteiger partial charge in [0.1, 0.15) is 0 Å². The maximum atomic E-state index is 12.1. The van der Waals surface area contributed by atoms with Crippen LogP contribution in [0.2, 0.25) is 0 Å². The Kier molecular flexibility index (Phi) is 5.15. The summed E-state index contributed by atoms with van der Waals surface area (Å²) in [5.74, 6) is -0.0266. The zero-order valence-electron chi connectivity index (χ0n) is 10.4. The second-order valence-corrected chi connectivity index (χ2v) is 5.09. The first kappa shape index (κ1) is 14.2. The maximum absolute atomic E-state index is 12.1. The van der Waals surface area contributed by atoms with Gasteiger partial charge < -0.3 is 10.0 Å². The predicted octanol–water partition coefficient (Wildman–Crippen LogP) is 2.60. The summed E-state index contributed by atoms with van der Waals surface area (Å²) < 4.78 is 0.842. The zero-order valence-corrected chi connectivity index (χ0v) is 12.0. The fourth-order valence-electron chi connectivity index (χ4n) is 1.50. The van der Waals surface area contributed by atoms with Crippen LogP contribution >= 0.6 is 15.9 Å². The van der Waals surface area contributed by atoms with Crippen molar-refractivity contribution < 1.29 is 9.90 Å². The van der Waals surface area contributed by atoms with E-state index in [0.29, 0.717) is 18.5 Å². The predicted molar refractivity (Wildman–Crippen MR) is 72.1 cm³/mol. The van der Waals surface area contributed by atoms with Crippen LogP contribution in [0, 0.1) is 6.92 Å². The smallest absolute Gasteiger partial charge is 0.254 e. The Balaban J connectivity index is 2.78. The van der Waals surface area contributed by atoms with Crippen molar-refractivity contribution in [2.24, 2.45) is 0 Å². The molecule has 1 N–H and O–H groups in total. The van der Waals surface area contributed by atoms with Crippen LogP contribution in [-0.2, 0) is 0 Å². The molecule has 0 aliphatic carbocycles. The van der Waals surface area contributed by atoms with Crippen molar-refractivity contribution in [3.05, 3.63) is 33.8 Å². The Morgan fingerprint density at radius 1 is 1.53 bits per heavy atom. The van der Waals surface area contributed by atoms with Gasteiger partial charge in [0.15, 0.2) is 0 Å². The van der Waals surface area contributed by atoms with Gasteiger partial charge in [0, 0.05) is 18.1 Å². The third-order valence-electron chi connectivity index (χ3n) is 2.65. The Morgan fingerprint density at radius 3 is 2.76 bits per heavy atom. The summed E-state index contributed by atoms with van der Waals surface area (Å²) in [6.07, 6.45) is 0.206. The summed E-state index contributed by atoms with van der Waals surface area (Å²) >= 11 is 3.43. The van der Waals surface area contributed by atoms with Crippen LogP contribution < -0.4 is 0 Å². The SMILES string of the molecule is Cc1cccc(C(=O)N(C)CCC(C)O)c1Br. The van der Waals surface area contributed by atoms with Gasteiger partial charge in [-0.25, -0.2) is 0 Å². The molecule has 0 bridgehead atoms. The molecule has 3 nitrogen and oxygen atoms in total. The number of carbonyl (C=O) groups is 1. The monoisotopic (exact) mass is 299 g/mol. The number of hydrogen-bond acceptors (Lipinski definition) is 2. The van der Waals surface area contributed by atoms with Gasteiger partial charge in [-0.15, -0.1) is 0 Å². The minimum Gasteiger partial charge on any atom is -0.393 e. The molecule has 1 rings (SSSR count). The number of nitrogens with zero attached hydrogens (tertiary/aromatic N) is 1. The maximum Gasteiger partial charge on any atom is 0.254 e. The van der Waals surface area contributed by atoms with Crippen molar-refractivity contribution in [1.82, 2.24) is 4.90 Å². The Bertz CT molecular complexity index is 404. The highest BCUT2D eigenvalue weighted by Gasteiger charge is 2.15. The second kappa shape index (κ2) is 6.17. The molecule has 17 heavy (non-hydrogen) atoms. The highest BCUT2D eigenvalue weighted by atomic mass is 79.9. The molecular formula is C13H18BrNO2. The third-order valence-corrected chi connectivity index (χ3v) is 3.70. The lowest BCUT2D eigenvalue weighted by atomic mass is 10.1. The van der Waals surface area contributed by atoms with Gasteiger partial charge >= 0.3 is 0 Å². The van der Waals surface area contributed by atoms with Crippen LogP contribution in [0.5, 0.6) is 0 Å². The molecule has 0 saturated heterocycles. The van der Waals surface area contributed by atoms with E-state index in [4.69, 9.17) is 0 Å². The molecule has 0 aliphatic rings. The molecule has 94 valence electrons. The fourth-order valence-corrected chi connectivity index (χ4v) is 1.93. The van der Waals surface area contributed by atoms with Gasteiger partial charge in [-0.2, -0.15) is 0 Å². The first-order valence-corrected chi connectivity index (χ1v) is 6.41. The number of carbonyl (C=O) groups excluding carboxylic acids is 1. The first-order chi connectivity index (χ1) is 7.93. The molecule has 0 aromatic heterocycles. The lowest BCUT2D eigenvalue weighted by molar-refractivity contribution is 0.0768. The molecule has 1 atom stereocenters. The van der Waals surface area contributed by atoms with E-state index in [1.165, 1.54) is 0 Å². The van der Waals surface area contributed by atoms with Gasteiger partial charge in [0.2, 0.25) is 0 Å². The summed E-state index contributed by atoms with van der Waals surface area (Å²) in [5.41, 5.74) is 1.71. The number of hydrogen-bond donors (Lipinski definition) is 1. The first-order valence-electron chi connectivity index (χ1n) is 5.62. The van der Waals surface area contributed by atoms with E-state index in [0.717, 1.165) is 10.0 Å². The molecule has 0 heterocycles. The molecule has 0 radical (unpaired) electrons. The van der Waals surface area contributed by atoms with Crippen LogP contribution in [0.25, 0.3) is 0 Å². The quantitative estimate of drug-likeness (QED) is 0.928. The minimum atomic E-state index is -0.383. The summed E-state index contributed by atoms with van der Waals surface area (Å²) in [6.45, 7) is 4.23. The molecule has 0 saturated carbocycles. The molecule has 1 unspecified atom stereocenters. The van der Waals surface area contributed by atoms with Gasteiger partial charge in [0.25, 0.3) is 5.91 Å². The van der Waals surface area contributed by atoms with Gasteiger partial charge in [-0.1, -0.05) is 12.1 Å². The van der Waals surface area contributed by atoms with E-state index in [9.17, 15) is 9.90 Å². The normalized spacial score (nSPS) is 12.3. The average Bonchev–Trinajstić information content (AvgIpc) is 2.28. The lowest BCUT2D eigenvalue weighted by Gasteiger charge is -2.19. The molecule has 1 amide bonds. The summed E-state index contributed by atoms with van der Waals surface area (Å²) in [7, 11) is 1.75. The van der Waals surface area contributed by atoms with Crippen molar-refractivity contribution >= 4 is 21.8 Å². The Labute approximate surface area is 111 Å². The largest absolute Gasteiger partial charge is 0.393 e. The fraction of sp³-hybridized carbons (Fsp3) is 0.462. The highest BCUT2D eigenvalue weighted by molar-refractivity contribution is 9.10. The minimum absolute atomic E-state index is 0.0266. The number of halogens is 1.